The number of rotatable bonds is 3. The average molecular weight is 281 g/mol. The van der Waals surface area contributed by atoms with Crippen LogP contribution in [0.25, 0.3) is 0 Å². The molecule has 102 valence electrons. The molecule has 2 N–H and O–H groups in total. The van der Waals surface area contributed by atoms with Crippen molar-refractivity contribution in [2.24, 2.45) is 0 Å². The van der Waals surface area contributed by atoms with Crippen LogP contribution in [0.5, 0.6) is 0 Å². The van der Waals surface area contributed by atoms with Crippen molar-refractivity contribution in [3.8, 4) is 0 Å². The predicted octanol–water partition coefficient (Wildman–Crippen LogP) is 0.743. The molecule has 2 amide bonds. The van der Waals surface area contributed by atoms with Crippen LogP contribution in [0.4, 0.5) is 0 Å². The van der Waals surface area contributed by atoms with Crippen molar-refractivity contribution in [2.75, 3.05) is 12.9 Å². The molecule has 1 aromatic rings. The molecule has 7 heteroatoms. The van der Waals surface area contributed by atoms with Gasteiger partial charge in [-0.25, -0.2) is 4.98 Å². The molecule has 2 heterocycles. The quantitative estimate of drug-likeness (QED) is 0.631. The minimum atomic E-state index is -0.464. The SMILES string of the molecule is CSc1ncccc1C(=O)NNC(=O)[C@H]1CCCO1. The van der Waals surface area contributed by atoms with E-state index in [1.54, 1.807) is 18.3 Å². The van der Waals surface area contributed by atoms with E-state index in [0.29, 0.717) is 23.6 Å². The van der Waals surface area contributed by atoms with Gasteiger partial charge < -0.3 is 4.74 Å². The average Bonchev–Trinajstić information content (AvgIpc) is 2.98. The molecule has 1 aliphatic heterocycles. The minimum Gasteiger partial charge on any atom is -0.368 e. The van der Waals surface area contributed by atoms with Gasteiger partial charge in [0.25, 0.3) is 11.8 Å². The second kappa shape index (κ2) is 6.53. The first-order valence-electron chi connectivity index (χ1n) is 5.93. The first-order chi connectivity index (χ1) is 9.22. The normalized spacial score (nSPS) is 18.1. The Morgan fingerprint density at radius 2 is 2.32 bits per heavy atom. The highest BCUT2D eigenvalue weighted by atomic mass is 32.2. The summed E-state index contributed by atoms with van der Waals surface area (Å²) in [5, 5.41) is 0.617. The number of ether oxygens (including phenoxy) is 1. The topological polar surface area (TPSA) is 80.3 Å². The van der Waals surface area contributed by atoms with E-state index in [1.165, 1.54) is 11.8 Å². The maximum Gasteiger partial charge on any atom is 0.272 e. The van der Waals surface area contributed by atoms with Gasteiger partial charge in [-0.3, -0.25) is 20.4 Å². The fourth-order valence-electron chi connectivity index (χ4n) is 1.78. The lowest BCUT2D eigenvalue weighted by Crippen LogP contribution is -2.46. The number of nitrogens with zero attached hydrogens (tertiary/aromatic N) is 1. The van der Waals surface area contributed by atoms with Crippen molar-refractivity contribution >= 4 is 23.6 Å². The summed E-state index contributed by atoms with van der Waals surface area (Å²) in [6.45, 7) is 0.589. The van der Waals surface area contributed by atoms with Gasteiger partial charge in [0.05, 0.1) is 5.56 Å². The van der Waals surface area contributed by atoms with Crippen LogP contribution in [0.3, 0.4) is 0 Å². The summed E-state index contributed by atoms with van der Waals surface area (Å²) in [6.07, 6.45) is 4.54. The molecular weight excluding hydrogens is 266 g/mol. The zero-order valence-corrected chi connectivity index (χ0v) is 11.3. The zero-order chi connectivity index (χ0) is 13.7. The highest BCUT2D eigenvalue weighted by Crippen LogP contribution is 2.16. The number of pyridine rings is 1. The van der Waals surface area contributed by atoms with Crippen LogP contribution in [0.1, 0.15) is 23.2 Å². The molecule has 0 aromatic carbocycles. The molecule has 0 bridgehead atoms. The molecule has 0 aliphatic carbocycles. The number of amides is 2. The van der Waals surface area contributed by atoms with Crippen molar-refractivity contribution in [3.63, 3.8) is 0 Å². The molecule has 0 saturated carbocycles. The van der Waals surface area contributed by atoms with E-state index < -0.39 is 6.10 Å². The zero-order valence-electron chi connectivity index (χ0n) is 10.5. The molecule has 2 rings (SSSR count). The molecular formula is C12H15N3O3S. The van der Waals surface area contributed by atoms with E-state index in [9.17, 15) is 9.59 Å². The van der Waals surface area contributed by atoms with Crippen molar-refractivity contribution in [1.29, 1.82) is 0 Å². The van der Waals surface area contributed by atoms with Gasteiger partial charge in [0.15, 0.2) is 0 Å². The van der Waals surface area contributed by atoms with Crippen LogP contribution in [0.15, 0.2) is 23.4 Å². The first-order valence-corrected chi connectivity index (χ1v) is 7.15. The van der Waals surface area contributed by atoms with Gasteiger partial charge in [-0.15, -0.1) is 11.8 Å². The summed E-state index contributed by atoms with van der Waals surface area (Å²) in [4.78, 5) is 27.7. The smallest absolute Gasteiger partial charge is 0.272 e. The van der Waals surface area contributed by atoms with Crippen LogP contribution in [0, 0.1) is 0 Å². The largest absolute Gasteiger partial charge is 0.368 e. The molecule has 1 fully saturated rings. The second-order valence-electron chi connectivity index (χ2n) is 4.01. The summed E-state index contributed by atoms with van der Waals surface area (Å²) >= 11 is 1.37. The lowest BCUT2D eigenvalue weighted by atomic mass is 10.2. The minimum absolute atomic E-state index is 0.319. The lowest BCUT2D eigenvalue weighted by Gasteiger charge is -2.12. The van der Waals surface area contributed by atoms with Crippen LogP contribution in [-0.4, -0.2) is 35.8 Å². The third kappa shape index (κ3) is 3.45. The van der Waals surface area contributed by atoms with E-state index in [0.717, 1.165) is 6.42 Å². The molecule has 1 aliphatic rings. The number of carbonyl (C=O) groups excluding carboxylic acids is 2. The third-order valence-electron chi connectivity index (χ3n) is 2.73. The van der Waals surface area contributed by atoms with Crippen molar-refractivity contribution in [2.45, 2.75) is 24.0 Å². The van der Waals surface area contributed by atoms with Crippen molar-refractivity contribution in [1.82, 2.24) is 15.8 Å². The van der Waals surface area contributed by atoms with Gasteiger partial charge >= 0.3 is 0 Å². The monoisotopic (exact) mass is 281 g/mol. The van der Waals surface area contributed by atoms with Crippen LogP contribution >= 0.6 is 11.8 Å². The number of nitrogens with one attached hydrogen (secondary N) is 2. The number of hydrogen-bond acceptors (Lipinski definition) is 5. The summed E-state index contributed by atoms with van der Waals surface area (Å²) in [5.41, 5.74) is 5.19. The van der Waals surface area contributed by atoms with Gasteiger partial charge in [-0.2, -0.15) is 0 Å². The van der Waals surface area contributed by atoms with E-state index in [4.69, 9.17) is 4.74 Å². The van der Waals surface area contributed by atoms with Crippen molar-refractivity contribution < 1.29 is 14.3 Å². The molecule has 6 nitrogen and oxygen atoms in total. The van der Waals surface area contributed by atoms with E-state index in [1.807, 2.05) is 6.26 Å². The Hall–Kier alpha value is -1.60. The molecule has 1 atom stereocenters. The maximum atomic E-state index is 11.9. The molecule has 1 saturated heterocycles. The highest BCUT2D eigenvalue weighted by molar-refractivity contribution is 7.98. The van der Waals surface area contributed by atoms with Gasteiger partial charge in [-0.05, 0) is 31.2 Å². The Labute approximate surface area is 115 Å². The summed E-state index contributed by atoms with van der Waals surface area (Å²) in [7, 11) is 0. The highest BCUT2D eigenvalue weighted by Gasteiger charge is 2.24. The number of aromatic nitrogens is 1. The number of carbonyl (C=O) groups is 2. The fraction of sp³-hybridized carbons (Fsp3) is 0.417. The van der Waals surface area contributed by atoms with Gasteiger partial charge in [0.1, 0.15) is 11.1 Å². The van der Waals surface area contributed by atoms with Gasteiger partial charge in [0, 0.05) is 12.8 Å². The summed E-state index contributed by atoms with van der Waals surface area (Å²) in [6, 6.07) is 3.34. The van der Waals surface area contributed by atoms with Gasteiger partial charge in [-0.1, -0.05) is 0 Å². The van der Waals surface area contributed by atoms with E-state index in [2.05, 4.69) is 15.8 Å². The molecule has 0 spiro atoms. The van der Waals surface area contributed by atoms with E-state index >= 15 is 0 Å². The predicted molar refractivity (Wildman–Crippen MR) is 70.6 cm³/mol. The molecule has 19 heavy (non-hydrogen) atoms. The second-order valence-corrected chi connectivity index (χ2v) is 4.80. The lowest BCUT2D eigenvalue weighted by molar-refractivity contribution is -0.130. The maximum absolute atomic E-state index is 11.9. The fourth-order valence-corrected chi connectivity index (χ4v) is 2.32. The number of hydrazine groups is 1. The van der Waals surface area contributed by atoms with Crippen LogP contribution in [-0.2, 0) is 9.53 Å². The Kier molecular flexibility index (Phi) is 4.75. The number of thioether (sulfide) groups is 1. The number of hydrogen-bond donors (Lipinski definition) is 2. The van der Waals surface area contributed by atoms with Crippen LogP contribution in [0.2, 0.25) is 0 Å². The standard InChI is InChI=1S/C12H15N3O3S/c1-19-12-8(4-2-6-13-12)10(16)14-15-11(17)9-5-3-7-18-9/h2,4,6,9H,3,5,7H2,1H3,(H,14,16)(H,15,17)/t9-/m1/s1. The Balaban J connectivity index is 1.92. The van der Waals surface area contributed by atoms with E-state index in [-0.39, 0.29) is 11.8 Å². The van der Waals surface area contributed by atoms with Crippen molar-refractivity contribution in [3.05, 3.63) is 23.9 Å². The molecule has 0 radical (unpaired) electrons. The molecule has 1 aromatic heterocycles. The van der Waals surface area contributed by atoms with Crippen LogP contribution < -0.4 is 10.9 Å². The Morgan fingerprint density at radius 3 is 3.00 bits per heavy atom. The molecule has 0 unspecified atom stereocenters. The third-order valence-corrected chi connectivity index (χ3v) is 3.44. The summed E-state index contributed by atoms with van der Waals surface area (Å²) < 4.78 is 5.22. The summed E-state index contributed by atoms with van der Waals surface area (Å²) in [5.74, 6) is -0.704. The van der Waals surface area contributed by atoms with Gasteiger partial charge in [0.2, 0.25) is 0 Å². The Morgan fingerprint density at radius 1 is 1.47 bits per heavy atom. The first kappa shape index (κ1) is 13.8. The Bertz CT molecular complexity index is 475.